The van der Waals surface area contributed by atoms with Crippen LogP contribution in [0.3, 0.4) is 0 Å². The summed E-state index contributed by atoms with van der Waals surface area (Å²) in [5, 5.41) is 7.09. The average molecular weight is 774 g/mol. The van der Waals surface area contributed by atoms with E-state index in [9.17, 15) is 0 Å². The largest absolute Gasteiger partial charge is 0.208 e. The average Bonchev–Trinajstić information content (AvgIpc) is 3.80. The van der Waals surface area contributed by atoms with Gasteiger partial charge in [-0.2, -0.15) is 0 Å². The topological polar surface area (TPSA) is 38.7 Å². The van der Waals surface area contributed by atoms with E-state index in [1.165, 1.54) is 71.8 Å². The minimum atomic E-state index is -0.465. The van der Waals surface area contributed by atoms with Gasteiger partial charge in [0, 0.05) is 16.7 Å². The second-order valence-electron chi connectivity index (χ2n) is 16.4. The summed E-state index contributed by atoms with van der Waals surface area (Å²) in [6.45, 7) is 0. The Hall–Kier alpha value is -8.01. The summed E-state index contributed by atoms with van der Waals surface area (Å²) in [5.74, 6) is 1.93. The quantitative estimate of drug-likeness (QED) is 0.179. The maximum Gasteiger partial charge on any atom is 0.164 e. The molecule has 0 N–H and O–H groups in total. The molecule has 2 aliphatic rings. The molecular weight excluding hydrogens is 739 g/mol. The second kappa shape index (κ2) is 13.0. The van der Waals surface area contributed by atoms with Crippen molar-refractivity contribution < 1.29 is 0 Å². The van der Waals surface area contributed by atoms with Crippen LogP contribution in [0.5, 0.6) is 0 Å². The first kappa shape index (κ1) is 33.9. The lowest BCUT2D eigenvalue weighted by atomic mass is 9.70. The van der Waals surface area contributed by atoms with Crippen LogP contribution in [0.2, 0.25) is 0 Å². The van der Waals surface area contributed by atoms with Crippen molar-refractivity contribution in [3.8, 4) is 67.5 Å². The zero-order valence-electron chi connectivity index (χ0n) is 33.0. The first-order valence-electron chi connectivity index (χ1n) is 20.9. The summed E-state index contributed by atoms with van der Waals surface area (Å²) in [4.78, 5) is 15.9. The Morgan fingerprint density at radius 2 is 0.557 bits per heavy atom. The van der Waals surface area contributed by atoms with E-state index in [1.54, 1.807) is 0 Å². The summed E-state index contributed by atoms with van der Waals surface area (Å²) >= 11 is 0. The van der Waals surface area contributed by atoms with Crippen LogP contribution in [0.15, 0.2) is 212 Å². The SMILES string of the molecule is c1ccc2c(c1)-c1ccccc1C21c2ccccc2-c2ccc(-c3nc(-c4ccc5ccccc5c4)nc(-c4ccc5ccc(-c6ccc7ccccc7c6)cc5c4)n3)cc21. The molecule has 1 heterocycles. The molecule has 0 amide bonds. The van der Waals surface area contributed by atoms with Crippen molar-refractivity contribution in [2.24, 2.45) is 0 Å². The molecule has 11 aromatic rings. The number of benzene rings is 10. The van der Waals surface area contributed by atoms with Crippen LogP contribution in [-0.2, 0) is 5.41 Å². The Kier molecular flexibility index (Phi) is 7.22. The van der Waals surface area contributed by atoms with E-state index in [0.29, 0.717) is 17.5 Å². The van der Waals surface area contributed by atoms with Crippen LogP contribution in [0, 0.1) is 0 Å². The predicted octanol–water partition coefficient (Wildman–Crippen LogP) is 14.3. The minimum Gasteiger partial charge on any atom is -0.208 e. The zero-order valence-corrected chi connectivity index (χ0v) is 33.0. The molecule has 1 aromatic heterocycles. The van der Waals surface area contributed by atoms with Crippen molar-refractivity contribution in [1.29, 1.82) is 0 Å². The van der Waals surface area contributed by atoms with Gasteiger partial charge in [0.25, 0.3) is 0 Å². The fraction of sp³-hybridized carbons (Fsp3) is 0.0172. The highest BCUT2D eigenvalue weighted by molar-refractivity contribution is 5.97. The first-order valence-corrected chi connectivity index (χ1v) is 20.9. The molecule has 1 spiro atoms. The molecule has 0 saturated heterocycles. The van der Waals surface area contributed by atoms with Crippen molar-refractivity contribution in [3.63, 3.8) is 0 Å². The maximum absolute atomic E-state index is 5.34. The van der Waals surface area contributed by atoms with E-state index in [1.807, 2.05) is 0 Å². The Morgan fingerprint density at radius 3 is 1.07 bits per heavy atom. The van der Waals surface area contributed by atoms with Gasteiger partial charge in [0.2, 0.25) is 0 Å². The lowest BCUT2D eigenvalue weighted by molar-refractivity contribution is 0.794. The molecule has 13 rings (SSSR count). The lowest BCUT2D eigenvalue weighted by Crippen LogP contribution is -2.25. The lowest BCUT2D eigenvalue weighted by Gasteiger charge is -2.30. The fourth-order valence-electron chi connectivity index (χ4n) is 10.3. The van der Waals surface area contributed by atoms with Gasteiger partial charge in [-0.15, -0.1) is 0 Å². The van der Waals surface area contributed by atoms with E-state index < -0.39 is 5.41 Å². The van der Waals surface area contributed by atoms with Gasteiger partial charge in [0.15, 0.2) is 17.5 Å². The smallest absolute Gasteiger partial charge is 0.164 e. The van der Waals surface area contributed by atoms with Crippen LogP contribution < -0.4 is 0 Å². The molecule has 282 valence electrons. The molecule has 0 aliphatic heterocycles. The Morgan fingerprint density at radius 1 is 0.230 bits per heavy atom. The summed E-state index contributed by atoms with van der Waals surface area (Å²) in [7, 11) is 0. The molecule has 3 nitrogen and oxygen atoms in total. The molecule has 0 radical (unpaired) electrons. The van der Waals surface area contributed by atoms with Crippen molar-refractivity contribution >= 4 is 32.3 Å². The van der Waals surface area contributed by atoms with Crippen molar-refractivity contribution in [2.75, 3.05) is 0 Å². The Balaban J connectivity index is 1.01. The number of nitrogens with zero attached hydrogens (tertiary/aromatic N) is 3. The van der Waals surface area contributed by atoms with Gasteiger partial charge in [-0.05, 0) is 118 Å². The van der Waals surface area contributed by atoms with Gasteiger partial charge in [-0.25, -0.2) is 15.0 Å². The highest BCUT2D eigenvalue weighted by Gasteiger charge is 2.51. The molecule has 10 aromatic carbocycles. The summed E-state index contributed by atoms with van der Waals surface area (Å²) in [5.41, 5.74) is 15.0. The zero-order chi connectivity index (χ0) is 40.1. The highest BCUT2D eigenvalue weighted by Crippen LogP contribution is 2.63. The van der Waals surface area contributed by atoms with Gasteiger partial charge in [-0.1, -0.05) is 182 Å². The Labute approximate surface area is 353 Å². The van der Waals surface area contributed by atoms with Crippen molar-refractivity contribution in [1.82, 2.24) is 15.0 Å². The van der Waals surface area contributed by atoms with E-state index in [0.717, 1.165) is 32.8 Å². The maximum atomic E-state index is 5.34. The van der Waals surface area contributed by atoms with Crippen LogP contribution in [0.25, 0.3) is 99.9 Å². The molecule has 2 aliphatic carbocycles. The van der Waals surface area contributed by atoms with Gasteiger partial charge in [0.1, 0.15) is 0 Å². The van der Waals surface area contributed by atoms with E-state index >= 15 is 0 Å². The third-order valence-corrected chi connectivity index (χ3v) is 13.1. The standard InChI is InChI=1S/C58H35N3/c1-3-13-39-31-41(25-21-36(39)11-1)42-26-22-38-24-28-44(34-46(38)33-42)56-59-55(43-27-23-37-12-2-4-14-40(37)32-43)60-57(61-56)45-29-30-50-49-17-7-10-20-53(49)58(54(50)35-45)51-18-8-5-15-47(51)48-16-6-9-19-52(48)58/h1-35H. The second-order valence-corrected chi connectivity index (χ2v) is 16.4. The van der Waals surface area contributed by atoms with Gasteiger partial charge in [0.05, 0.1) is 5.41 Å². The minimum absolute atomic E-state index is 0.465. The summed E-state index contributed by atoms with van der Waals surface area (Å²) in [6, 6.07) is 77.0. The molecule has 0 saturated carbocycles. The molecule has 3 heteroatoms. The third-order valence-electron chi connectivity index (χ3n) is 13.1. The van der Waals surface area contributed by atoms with E-state index in [-0.39, 0.29) is 0 Å². The summed E-state index contributed by atoms with van der Waals surface area (Å²) < 4.78 is 0. The van der Waals surface area contributed by atoms with Gasteiger partial charge in [-0.3, -0.25) is 0 Å². The fourth-order valence-corrected chi connectivity index (χ4v) is 10.3. The summed E-state index contributed by atoms with van der Waals surface area (Å²) in [6.07, 6.45) is 0. The van der Waals surface area contributed by atoms with Crippen molar-refractivity contribution in [3.05, 3.63) is 235 Å². The normalized spacial score (nSPS) is 13.0. The number of fused-ring (bicyclic) bond motifs is 13. The number of aromatic nitrogens is 3. The number of hydrogen-bond acceptors (Lipinski definition) is 3. The molecule has 0 unspecified atom stereocenters. The Bertz CT molecular complexity index is 3560. The number of rotatable bonds is 4. The van der Waals surface area contributed by atoms with Crippen LogP contribution >= 0.6 is 0 Å². The van der Waals surface area contributed by atoms with E-state index in [4.69, 9.17) is 15.0 Å². The van der Waals surface area contributed by atoms with Gasteiger partial charge >= 0.3 is 0 Å². The monoisotopic (exact) mass is 773 g/mol. The molecule has 0 fully saturated rings. The van der Waals surface area contributed by atoms with Crippen LogP contribution in [0.1, 0.15) is 22.3 Å². The third kappa shape index (κ3) is 5.08. The highest BCUT2D eigenvalue weighted by atomic mass is 15.0. The van der Waals surface area contributed by atoms with Crippen LogP contribution in [0.4, 0.5) is 0 Å². The molecule has 0 atom stereocenters. The van der Waals surface area contributed by atoms with E-state index in [2.05, 4.69) is 212 Å². The van der Waals surface area contributed by atoms with Gasteiger partial charge < -0.3 is 0 Å². The molecule has 0 bridgehead atoms. The molecule has 61 heavy (non-hydrogen) atoms. The predicted molar refractivity (Wildman–Crippen MR) is 250 cm³/mol. The van der Waals surface area contributed by atoms with Crippen molar-refractivity contribution in [2.45, 2.75) is 5.41 Å². The van der Waals surface area contributed by atoms with Crippen LogP contribution in [-0.4, -0.2) is 15.0 Å². The molecular formula is C58H35N3. The first-order chi connectivity index (χ1) is 30.2. The number of hydrogen-bond donors (Lipinski definition) is 0.